The Bertz CT molecular complexity index is 625. The first-order chi connectivity index (χ1) is 12.6. The first-order valence-electron chi connectivity index (χ1n) is 8.81. The molecule has 0 radical (unpaired) electrons. The van der Waals surface area contributed by atoms with Gasteiger partial charge in [0, 0.05) is 19.0 Å². The minimum atomic E-state index is -0.523. The molecule has 26 heavy (non-hydrogen) atoms. The maximum Gasteiger partial charge on any atom is 0.321 e. The lowest BCUT2D eigenvalue weighted by Crippen LogP contribution is -2.47. The predicted molar refractivity (Wildman–Crippen MR) is 99.2 cm³/mol. The molecule has 0 unspecified atom stereocenters. The molecule has 1 saturated heterocycles. The molecule has 1 heterocycles. The zero-order valence-electron chi connectivity index (χ0n) is 14.9. The fraction of sp³-hybridized carbons (Fsp3) is 0.421. The molecule has 0 saturated carbocycles. The van der Waals surface area contributed by atoms with Crippen LogP contribution in [0, 0.1) is 5.92 Å². The molecule has 2 rings (SSSR count). The van der Waals surface area contributed by atoms with Crippen molar-refractivity contribution in [3.05, 3.63) is 48.6 Å². The Morgan fingerprint density at radius 3 is 2.46 bits per heavy atom. The summed E-state index contributed by atoms with van der Waals surface area (Å²) < 4.78 is 0. The molecule has 0 aromatic heterocycles. The Kier molecular flexibility index (Phi) is 7.82. The van der Waals surface area contributed by atoms with Crippen molar-refractivity contribution in [1.29, 1.82) is 0 Å². The van der Waals surface area contributed by atoms with Crippen molar-refractivity contribution in [3.63, 3.8) is 0 Å². The van der Waals surface area contributed by atoms with Crippen LogP contribution >= 0.6 is 0 Å². The highest BCUT2D eigenvalue weighted by molar-refractivity contribution is 5.95. The number of carbonyl (C=O) groups is 3. The average molecular weight is 358 g/mol. The van der Waals surface area contributed by atoms with E-state index in [4.69, 9.17) is 0 Å². The molecule has 0 spiro atoms. The van der Waals surface area contributed by atoms with Crippen molar-refractivity contribution in [1.82, 2.24) is 20.9 Å². The normalized spacial score (nSPS) is 15.1. The van der Waals surface area contributed by atoms with Crippen LogP contribution in [0.3, 0.4) is 0 Å². The summed E-state index contributed by atoms with van der Waals surface area (Å²) in [5, 5.41) is 7.74. The minimum Gasteiger partial charge on any atom is -0.352 e. The summed E-state index contributed by atoms with van der Waals surface area (Å²) in [4.78, 5) is 37.5. The van der Waals surface area contributed by atoms with E-state index in [1.54, 1.807) is 0 Å². The molecule has 7 heteroatoms. The zero-order valence-corrected chi connectivity index (χ0v) is 14.9. The number of rotatable bonds is 7. The predicted octanol–water partition coefficient (Wildman–Crippen LogP) is 1.03. The Labute approximate surface area is 153 Å². The largest absolute Gasteiger partial charge is 0.352 e. The number of nitrogens with one attached hydrogen (secondary N) is 3. The summed E-state index contributed by atoms with van der Waals surface area (Å²) in [7, 11) is 0. The number of hydrogen-bond acceptors (Lipinski definition) is 4. The number of imide groups is 1. The lowest BCUT2D eigenvalue weighted by molar-refractivity contribution is -0.126. The summed E-state index contributed by atoms with van der Waals surface area (Å²) >= 11 is 0. The van der Waals surface area contributed by atoms with Crippen molar-refractivity contribution in [2.45, 2.75) is 19.4 Å². The molecule has 7 nitrogen and oxygen atoms in total. The van der Waals surface area contributed by atoms with E-state index in [2.05, 4.69) is 22.5 Å². The molecular weight excluding hydrogens is 332 g/mol. The smallest absolute Gasteiger partial charge is 0.321 e. The number of urea groups is 1. The van der Waals surface area contributed by atoms with Crippen LogP contribution < -0.4 is 16.0 Å². The van der Waals surface area contributed by atoms with Crippen LogP contribution in [0.2, 0.25) is 0 Å². The average Bonchev–Trinajstić information content (AvgIpc) is 2.65. The Hall–Kier alpha value is -2.67. The van der Waals surface area contributed by atoms with E-state index in [0.29, 0.717) is 39.0 Å². The van der Waals surface area contributed by atoms with Crippen LogP contribution in [0.1, 0.15) is 18.4 Å². The highest BCUT2D eigenvalue weighted by atomic mass is 16.2. The second-order valence-corrected chi connectivity index (χ2v) is 6.30. The van der Waals surface area contributed by atoms with Gasteiger partial charge in [-0.1, -0.05) is 36.4 Å². The van der Waals surface area contributed by atoms with Crippen LogP contribution in [0.4, 0.5) is 4.79 Å². The third-order valence-corrected chi connectivity index (χ3v) is 4.30. The molecule has 1 aliphatic heterocycles. The molecule has 1 fully saturated rings. The van der Waals surface area contributed by atoms with Crippen molar-refractivity contribution < 1.29 is 14.4 Å². The molecule has 3 N–H and O–H groups in total. The van der Waals surface area contributed by atoms with Gasteiger partial charge in [0.25, 0.3) is 0 Å². The van der Waals surface area contributed by atoms with Gasteiger partial charge in [-0.25, -0.2) is 4.79 Å². The highest BCUT2D eigenvalue weighted by Crippen LogP contribution is 2.17. The van der Waals surface area contributed by atoms with Crippen molar-refractivity contribution in [2.75, 3.05) is 26.2 Å². The lowest BCUT2D eigenvalue weighted by atomic mass is 9.96. The van der Waals surface area contributed by atoms with E-state index in [1.807, 2.05) is 35.2 Å². The lowest BCUT2D eigenvalue weighted by Gasteiger charge is -2.30. The third kappa shape index (κ3) is 6.68. The first-order valence-corrected chi connectivity index (χ1v) is 8.81. The summed E-state index contributed by atoms with van der Waals surface area (Å²) in [5.41, 5.74) is 1.07. The molecule has 0 aliphatic carbocycles. The van der Waals surface area contributed by atoms with Crippen molar-refractivity contribution in [2.24, 2.45) is 5.92 Å². The van der Waals surface area contributed by atoms with Crippen LogP contribution in [-0.2, 0) is 16.1 Å². The molecule has 0 bridgehead atoms. The molecule has 140 valence electrons. The van der Waals surface area contributed by atoms with Gasteiger partial charge in [0.1, 0.15) is 0 Å². The van der Waals surface area contributed by atoms with E-state index < -0.39 is 6.03 Å². The van der Waals surface area contributed by atoms with E-state index >= 15 is 0 Å². The third-order valence-electron chi connectivity index (χ3n) is 4.30. The second-order valence-electron chi connectivity index (χ2n) is 6.30. The fourth-order valence-electron chi connectivity index (χ4n) is 2.86. The highest BCUT2D eigenvalue weighted by Gasteiger charge is 2.26. The van der Waals surface area contributed by atoms with Crippen LogP contribution in [-0.4, -0.2) is 48.9 Å². The van der Waals surface area contributed by atoms with Crippen molar-refractivity contribution in [3.8, 4) is 0 Å². The Morgan fingerprint density at radius 2 is 1.81 bits per heavy atom. The van der Waals surface area contributed by atoms with Gasteiger partial charge in [-0.15, -0.1) is 6.58 Å². The summed E-state index contributed by atoms with van der Waals surface area (Å²) in [6.45, 7) is 5.80. The number of hydrogen-bond donors (Lipinski definition) is 3. The maximum absolute atomic E-state index is 12.3. The quantitative estimate of drug-likeness (QED) is 0.635. The van der Waals surface area contributed by atoms with E-state index in [0.717, 1.165) is 5.56 Å². The summed E-state index contributed by atoms with van der Waals surface area (Å²) in [6.07, 6.45) is 2.95. The van der Waals surface area contributed by atoms with Crippen LogP contribution in [0.15, 0.2) is 43.0 Å². The number of carbonyl (C=O) groups excluding carboxylic acids is 3. The van der Waals surface area contributed by atoms with Gasteiger partial charge in [0.2, 0.25) is 11.8 Å². The molecule has 1 aromatic rings. The van der Waals surface area contributed by atoms with Crippen molar-refractivity contribution >= 4 is 17.8 Å². The molecule has 0 atom stereocenters. The van der Waals surface area contributed by atoms with Gasteiger partial charge in [-0.3, -0.25) is 19.8 Å². The summed E-state index contributed by atoms with van der Waals surface area (Å²) in [5.74, 6) is -0.325. The molecule has 1 aromatic carbocycles. The second kappa shape index (κ2) is 10.4. The molecule has 1 aliphatic rings. The van der Waals surface area contributed by atoms with E-state index in [9.17, 15) is 14.4 Å². The number of piperidine rings is 1. The number of amides is 4. The van der Waals surface area contributed by atoms with Crippen LogP contribution in [0.25, 0.3) is 0 Å². The fourth-order valence-corrected chi connectivity index (χ4v) is 2.86. The van der Waals surface area contributed by atoms with Gasteiger partial charge in [0.15, 0.2) is 0 Å². The van der Waals surface area contributed by atoms with Gasteiger partial charge in [0.05, 0.1) is 6.54 Å². The molecular formula is C19H26N4O3. The maximum atomic E-state index is 12.3. The number of benzene rings is 1. The topological polar surface area (TPSA) is 90.5 Å². The number of likely N-dealkylation sites (tertiary alicyclic amines) is 1. The zero-order chi connectivity index (χ0) is 18.8. The first kappa shape index (κ1) is 19.7. The van der Waals surface area contributed by atoms with Gasteiger partial charge in [-0.05, 0) is 31.5 Å². The van der Waals surface area contributed by atoms with Gasteiger partial charge in [-0.2, -0.15) is 0 Å². The Morgan fingerprint density at radius 1 is 1.12 bits per heavy atom. The van der Waals surface area contributed by atoms with E-state index in [-0.39, 0.29) is 24.3 Å². The van der Waals surface area contributed by atoms with E-state index in [1.165, 1.54) is 6.08 Å². The monoisotopic (exact) mass is 358 g/mol. The summed E-state index contributed by atoms with van der Waals surface area (Å²) in [6, 6.07) is 9.27. The van der Waals surface area contributed by atoms with Gasteiger partial charge < -0.3 is 10.6 Å². The van der Waals surface area contributed by atoms with Crippen LogP contribution in [0.5, 0.6) is 0 Å². The SMILES string of the molecule is C=CCNC(=O)NC(=O)CN1CCC(C(=O)NCc2ccccc2)CC1. The van der Waals surface area contributed by atoms with Gasteiger partial charge >= 0.3 is 6.03 Å². The molecule has 4 amide bonds. The number of nitrogens with zero attached hydrogens (tertiary/aromatic N) is 1. The minimum absolute atomic E-state index is 0.0334. The Balaban J connectivity index is 1.66. The standard InChI is InChI=1S/C19H26N4O3/c1-2-10-20-19(26)22-17(24)14-23-11-8-16(9-12-23)18(25)21-13-15-6-4-3-5-7-15/h2-7,16H,1,8-14H2,(H,21,25)(H2,20,22,24,26).